The van der Waals surface area contributed by atoms with Gasteiger partial charge < -0.3 is 10.4 Å². The minimum absolute atomic E-state index is 0.0234. The molecule has 0 saturated carbocycles. The molecule has 4 heteroatoms. The molecule has 4 nitrogen and oxygen atoms in total. The molecule has 2 atom stereocenters. The van der Waals surface area contributed by atoms with Crippen molar-refractivity contribution in [1.29, 1.82) is 0 Å². The highest BCUT2D eigenvalue weighted by Gasteiger charge is 2.14. The van der Waals surface area contributed by atoms with Crippen molar-refractivity contribution in [2.24, 2.45) is 5.92 Å². The number of aliphatic hydroxyl groups is 1. The van der Waals surface area contributed by atoms with Crippen LogP contribution in [-0.4, -0.2) is 29.9 Å². The quantitative estimate of drug-likeness (QED) is 0.744. The van der Waals surface area contributed by atoms with Crippen LogP contribution in [0.15, 0.2) is 24.3 Å². The summed E-state index contributed by atoms with van der Waals surface area (Å²) in [5.74, 6) is -0.0823. The minimum atomic E-state index is -0.106. The molecule has 0 bridgehead atoms. The third-order valence-electron chi connectivity index (χ3n) is 2.98. The second-order valence-corrected chi connectivity index (χ2v) is 4.56. The first-order valence-electron chi connectivity index (χ1n) is 6.01. The summed E-state index contributed by atoms with van der Waals surface area (Å²) in [5.41, 5.74) is 1.37. The first-order valence-corrected chi connectivity index (χ1v) is 6.01. The summed E-state index contributed by atoms with van der Waals surface area (Å²) >= 11 is 0. The van der Waals surface area contributed by atoms with Crippen molar-refractivity contribution in [3.8, 4) is 0 Å². The molecule has 0 fully saturated rings. The van der Waals surface area contributed by atoms with Gasteiger partial charge in [-0.3, -0.25) is 9.59 Å². The molecule has 0 heterocycles. The number of hydrogen-bond acceptors (Lipinski definition) is 3. The Bertz CT molecular complexity index is 417. The number of aliphatic hydroxyl groups excluding tert-OH is 1. The maximum Gasteiger partial charge on any atom is 0.224 e. The van der Waals surface area contributed by atoms with Gasteiger partial charge in [-0.05, 0) is 24.5 Å². The molecule has 1 aromatic carbocycles. The molecule has 0 aliphatic rings. The Kier molecular flexibility index (Phi) is 5.52. The number of hydrogen-bond donors (Lipinski definition) is 2. The zero-order valence-corrected chi connectivity index (χ0v) is 10.7. The fourth-order valence-corrected chi connectivity index (χ4v) is 1.57. The number of carbonyl (C=O) groups excluding carboxylic acids is 2. The van der Waals surface area contributed by atoms with Crippen molar-refractivity contribution in [2.75, 3.05) is 6.61 Å². The van der Waals surface area contributed by atoms with E-state index in [4.69, 9.17) is 5.11 Å². The lowest BCUT2D eigenvalue weighted by Crippen LogP contribution is -2.39. The van der Waals surface area contributed by atoms with E-state index in [1.165, 1.54) is 0 Å². The van der Waals surface area contributed by atoms with Gasteiger partial charge in [0.15, 0.2) is 0 Å². The Balaban J connectivity index is 2.56. The molecular formula is C14H19NO3. The van der Waals surface area contributed by atoms with Crippen LogP contribution in [0.3, 0.4) is 0 Å². The zero-order chi connectivity index (χ0) is 13.5. The number of amides is 1. The number of carbonyl (C=O) groups is 2. The highest BCUT2D eigenvalue weighted by molar-refractivity contribution is 5.80. The van der Waals surface area contributed by atoms with Gasteiger partial charge in [-0.15, -0.1) is 0 Å². The monoisotopic (exact) mass is 249 g/mol. The van der Waals surface area contributed by atoms with Crippen molar-refractivity contribution in [1.82, 2.24) is 5.32 Å². The summed E-state index contributed by atoms with van der Waals surface area (Å²) in [6, 6.07) is 6.90. The standard InChI is InChI=1S/C14H19NO3/c1-10(8-16)11(2)15-14(18)7-12-4-3-5-13(6-12)9-17/h3-6,9-11,16H,7-8H2,1-2H3,(H,15,18). The van der Waals surface area contributed by atoms with E-state index in [-0.39, 0.29) is 30.9 Å². The maximum atomic E-state index is 11.8. The first-order chi connectivity index (χ1) is 8.56. The van der Waals surface area contributed by atoms with E-state index in [1.54, 1.807) is 18.2 Å². The SMILES string of the molecule is CC(CO)C(C)NC(=O)Cc1cccc(C=O)c1. The molecule has 2 unspecified atom stereocenters. The average Bonchev–Trinajstić information content (AvgIpc) is 2.37. The van der Waals surface area contributed by atoms with Crippen LogP contribution in [0.5, 0.6) is 0 Å². The van der Waals surface area contributed by atoms with E-state index < -0.39 is 0 Å². The number of nitrogens with one attached hydrogen (secondary N) is 1. The molecule has 0 radical (unpaired) electrons. The topological polar surface area (TPSA) is 66.4 Å². The summed E-state index contributed by atoms with van der Waals surface area (Å²) in [6.45, 7) is 3.78. The van der Waals surface area contributed by atoms with Crippen molar-refractivity contribution >= 4 is 12.2 Å². The van der Waals surface area contributed by atoms with Crippen LogP contribution in [-0.2, 0) is 11.2 Å². The second kappa shape index (κ2) is 6.91. The Morgan fingerprint density at radius 2 is 2.17 bits per heavy atom. The van der Waals surface area contributed by atoms with Gasteiger partial charge in [0, 0.05) is 18.2 Å². The van der Waals surface area contributed by atoms with Crippen molar-refractivity contribution in [3.05, 3.63) is 35.4 Å². The van der Waals surface area contributed by atoms with Gasteiger partial charge in [-0.1, -0.05) is 25.1 Å². The molecular weight excluding hydrogens is 230 g/mol. The van der Waals surface area contributed by atoms with Crippen LogP contribution in [0.2, 0.25) is 0 Å². The zero-order valence-electron chi connectivity index (χ0n) is 10.7. The van der Waals surface area contributed by atoms with E-state index in [1.807, 2.05) is 19.9 Å². The van der Waals surface area contributed by atoms with E-state index in [2.05, 4.69) is 5.32 Å². The molecule has 18 heavy (non-hydrogen) atoms. The molecule has 1 amide bonds. The van der Waals surface area contributed by atoms with Gasteiger partial charge in [0.25, 0.3) is 0 Å². The van der Waals surface area contributed by atoms with Crippen LogP contribution in [0, 0.1) is 5.92 Å². The van der Waals surface area contributed by atoms with E-state index in [9.17, 15) is 9.59 Å². The average molecular weight is 249 g/mol. The summed E-state index contributed by atoms with van der Waals surface area (Å²) in [5, 5.41) is 11.8. The highest BCUT2D eigenvalue weighted by Crippen LogP contribution is 2.06. The number of benzene rings is 1. The van der Waals surface area contributed by atoms with Crippen LogP contribution in [0.25, 0.3) is 0 Å². The molecule has 0 aromatic heterocycles. The van der Waals surface area contributed by atoms with E-state index in [0.717, 1.165) is 11.8 Å². The summed E-state index contributed by atoms with van der Waals surface area (Å²) < 4.78 is 0. The Hall–Kier alpha value is -1.68. The maximum absolute atomic E-state index is 11.8. The van der Waals surface area contributed by atoms with Crippen LogP contribution < -0.4 is 5.32 Å². The van der Waals surface area contributed by atoms with Crippen LogP contribution >= 0.6 is 0 Å². The molecule has 1 aromatic rings. The highest BCUT2D eigenvalue weighted by atomic mass is 16.3. The predicted octanol–water partition coefficient (Wildman–Crippen LogP) is 1.17. The lowest BCUT2D eigenvalue weighted by molar-refractivity contribution is -0.121. The van der Waals surface area contributed by atoms with Gasteiger partial charge in [-0.25, -0.2) is 0 Å². The largest absolute Gasteiger partial charge is 0.396 e. The molecule has 1 rings (SSSR count). The van der Waals surface area contributed by atoms with Crippen LogP contribution in [0.4, 0.5) is 0 Å². The fraction of sp³-hybridized carbons (Fsp3) is 0.429. The van der Waals surface area contributed by atoms with Crippen LogP contribution in [0.1, 0.15) is 29.8 Å². The lowest BCUT2D eigenvalue weighted by Gasteiger charge is -2.19. The smallest absolute Gasteiger partial charge is 0.224 e. The summed E-state index contributed by atoms with van der Waals surface area (Å²) in [7, 11) is 0. The van der Waals surface area contributed by atoms with Gasteiger partial charge in [0.2, 0.25) is 5.91 Å². The van der Waals surface area contributed by atoms with Gasteiger partial charge in [0.05, 0.1) is 6.42 Å². The van der Waals surface area contributed by atoms with E-state index >= 15 is 0 Å². The first kappa shape index (κ1) is 14.4. The number of aldehydes is 1. The van der Waals surface area contributed by atoms with Gasteiger partial charge >= 0.3 is 0 Å². The van der Waals surface area contributed by atoms with Crippen molar-refractivity contribution in [3.63, 3.8) is 0 Å². The summed E-state index contributed by atoms with van der Waals surface area (Å²) in [4.78, 5) is 22.4. The Morgan fingerprint density at radius 3 is 2.78 bits per heavy atom. The number of rotatable bonds is 6. The van der Waals surface area contributed by atoms with E-state index in [0.29, 0.717) is 5.56 Å². The molecule has 0 saturated heterocycles. The Labute approximate surface area is 107 Å². The van der Waals surface area contributed by atoms with Gasteiger partial charge in [-0.2, -0.15) is 0 Å². The van der Waals surface area contributed by atoms with Crippen molar-refractivity contribution in [2.45, 2.75) is 26.3 Å². The third-order valence-corrected chi connectivity index (χ3v) is 2.98. The normalized spacial score (nSPS) is 13.7. The predicted molar refractivity (Wildman–Crippen MR) is 69.4 cm³/mol. The molecule has 0 spiro atoms. The fourth-order valence-electron chi connectivity index (χ4n) is 1.57. The van der Waals surface area contributed by atoms with Gasteiger partial charge in [0.1, 0.15) is 6.29 Å². The Morgan fingerprint density at radius 1 is 1.44 bits per heavy atom. The summed E-state index contributed by atoms with van der Waals surface area (Å²) in [6.07, 6.45) is 1.00. The lowest BCUT2D eigenvalue weighted by atomic mass is 10.0. The van der Waals surface area contributed by atoms with Crippen molar-refractivity contribution < 1.29 is 14.7 Å². The molecule has 98 valence electrons. The molecule has 0 aliphatic carbocycles. The molecule has 2 N–H and O–H groups in total. The third kappa shape index (κ3) is 4.30. The minimum Gasteiger partial charge on any atom is -0.396 e. The molecule has 0 aliphatic heterocycles. The second-order valence-electron chi connectivity index (χ2n) is 4.56.